The van der Waals surface area contributed by atoms with Gasteiger partial charge in [-0.2, -0.15) is 0 Å². The van der Waals surface area contributed by atoms with Gasteiger partial charge in [-0.3, -0.25) is 4.79 Å². The fourth-order valence-corrected chi connectivity index (χ4v) is 3.19. The first-order valence-corrected chi connectivity index (χ1v) is 9.26. The van der Waals surface area contributed by atoms with E-state index in [2.05, 4.69) is 16.7 Å². The average Bonchev–Trinajstić information content (AvgIpc) is 2.66. The first-order chi connectivity index (χ1) is 12.7. The number of nitrogens with one attached hydrogen (secondary N) is 2. The molecule has 0 fully saturated rings. The second-order valence-electron chi connectivity index (χ2n) is 6.68. The number of benzene rings is 2. The molecule has 1 amide bonds. The quantitative estimate of drug-likeness (QED) is 0.663. The second kappa shape index (κ2) is 9.18. The maximum Gasteiger partial charge on any atom is 0.228 e. The highest BCUT2D eigenvalue weighted by atomic mass is 19.1. The zero-order valence-electron chi connectivity index (χ0n) is 14.9. The Kier molecular flexibility index (Phi) is 6.42. The summed E-state index contributed by atoms with van der Waals surface area (Å²) in [5.41, 5.74) is 3.71. The van der Waals surface area contributed by atoms with Gasteiger partial charge in [0.2, 0.25) is 5.91 Å². The van der Waals surface area contributed by atoms with Crippen LogP contribution >= 0.6 is 0 Å². The number of halogens is 1. The number of amides is 1. The van der Waals surface area contributed by atoms with Crippen LogP contribution in [0.2, 0.25) is 0 Å². The van der Waals surface area contributed by atoms with Crippen molar-refractivity contribution in [3.63, 3.8) is 0 Å². The summed E-state index contributed by atoms with van der Waals surface area (Å²) in [7, 11) is 0. The van der Waals surface area contributed by atoms with Gasteiger partial charge < -0.3 is 10.6 Å². The van der Waals surface area contributed by atoms with Crippen molar-refractivity contribution in [2.75, 3.05) is 17.2 Å². The molecule has 136 valence electrons. The highest BCUT2D eigenvalue weighted by Crippen LogP contribution is 2.20. The summed E-state index contributed by atoms with van der Waals surface area (Å²) < 4.78 is 13.6. The zero-order chi connectivity index (χ0) is 18.2. The number of carbonyl (C=O) groups is 1. The lowest BCUT2D eigenvalue weighted by Gasteiger charge is -2.13. The Labute approximate surface area is 154 Å². The molecule has 0 spiro atoms. The topological polar surface area (TPSA) is 41.1 Å². The van der Waals surface area contributed by atoms with Crippen molar-refractivity contribution in [2.45, 2.75) is 38.5 Å². The van der Waals surface area contributed by atoms with Crippen LogP contribution < -0.4 is 10.6 Å². The van der Waals surface area contributed by atoms with Gasteiger partial charge in [-0.25, -0.2) is 4.39 Å². The standard InChI is InChI=1S/C22H25FN2O/c23-21-9-5-4-8-18(21)16-22(26)25-20-12-10-19(11-13-20)24-15-14-17-6-2-1-3-7-17/h4-6,8-13,24H,1-3,7,14-16H2,(H,25,26). The predicted molar refractivity (Wildman–Crippen MR) is 105 cm³/mol. The normalized spacial score (nSPS) is 13.8. The van der Waals surface area contributed by atoms with E-state index in [1.807, 2.05) is 24.3 Å². The molecular formula is C22H25FN2O. The van der Waals surface area contributed by atoms with E-state index in [1.54, 1.807) is 23.8 Å². The molecule has 2 aromatic rings. The maximum atomic E-state index is 13.6. The van der Waals surface area contributed by atoms with Gasteiger partial charge in [-0.15, -0.1) is 0 Å². The van der Waals surface area contributed by atoms with Crippen LogP contribution in [0, 0.1) is 5.82 Å². The lowest BCUT2D eigenvalue weighted by atomic mass is 9.97. The summed E-state index contributed by atoms with van der Waals surface area (Å²) in [6, 6.07) is 14.0. The molecule has 0 unspecified atom stereocenters. The molecule has 0 radical (unpaired) electrons. The monoisotopic (exact) mass is 352 g/mol. The van der Waals surface area contributed by atoms with Crippen molar-refractivity contribution in [1.82, 2.24) is 0 Å². The third-order valence-corrected chi connectivity index (χ3v) is 4.64. The van der Waals surface area contributed by atoms with Gasteiger partial charge in [0.1, 0.15) is 5.82 Å². The van der Waals surface area contributed by atoms with Crippen molar-refractivity contribution in [3.05, 3.63) is 71.6 Å². The lowest BCUT2D eigenvalue weighted by Crippen LogP contribution is -2.15. The van der Waals surface area contributed by atoms with E-state index in [9.17, 15) is 9.18 Å². The van der Waals surface area contributed by atoms with E-state index in [0.29, 0.717) is 11.3 Å². The van der Waals surface area contributed by atoms with Gasteiger partial charge in [-0.1, -0.05) is 29.8 Å². The van der Waals surface area contributed by atoms with Gasteiger partial charge in [0.15, 0.2) is 0 Å². The zero-order valence-corrected chi connectivity index (χ0v) is 14.9. The van der Waals surface area contributed by atoms with E-state index in [1.165, 1.54) is 31.7 Å². The third kappa shape index (κ3) is 5.45. The number of hydrogen-bond donors (Lipinski definition) is 2. The fourth-order valence-electron chi connectivity index (χ4n) is 3.19. The van der Waals surface area contributed by atoms with Crippen LogP contribution in [0.15, 0.2) is 60.2 Å². The van der Waals surface area contributed by atoms with Crippen LogP contribution in [-0.4, -0.2) is 12.5 Å². The fraction of sp³-hybridized carbons (Fsp3) is 0.318. The summed E-state index contributed by atoms with van der Waals surface area (Å²) in [5.74, 6) is -0.574. The Morgan fingerprint density at radius 1 is 1.00 bits per heavy atom. The van der Waals surface area contributed by atoms with Gasteiger partial charge >= 0.3 is 0 Å². The molecule has 0 bridgehead atoms. The molecule has 1 aliphatic carbocycles. The molecule has 0 saturated heterocycles. The SMILES string of the molecule is O=C(Cc1ccccc1F)Nc1ccc(NCCC2=CCCCC2)cc1. The average molecular weight is 352 g/mol. The minimum Gasteiger partial charge on any atom is -0.385 e. The van der Waals surface area contributed by atoms with Crippen LogP contribution in [0.1, 0.15) is 37.7 Å². The van der Waals surface area contributed by atoms with Crippen molar-refractivity contribution in [3.8, 4) is 0 Å². The highest BCUT2D eigenvalue weighted by molar-refractivity contribution is 5.92. The minimum atomic E-state index is -0.352. The summed E-state index contributed by atoms with van der Waals surface area (Å²) >= 11 is 0. The Bertz CT molecular complexity index is 768. The minimum absolute atomic E-state index is 0.0295. The maximum absolute atomic E-state index is 13.6. The summed E-state index contributed by atoms with van der Waals surface area (Å²) in [6.07, 6.45) is 8.57. The third-order valence-electron chi connectivity index (χ3n) is 4.64. The van der Waals surface area contributed by atoms with Crippen LogP contribution in [0.25, 0.3) is 0 Å². The first-order valence-electron chi connectivity index (χ1n) is 9.26. The van der Waals surface area contributed by atoms with E-state index < -0.39 is 0 Å². The molecule has 4 heteroatoms. The molecule has 0 aromatic heterocycles. The molecule has 1 aliphatic rings. The predicted octanol–water partition coefficient (Wildman–Crippen LogP) is 5.31. The van der Waals surface area contributed by atoms with Gasteiger partial charge in [-0.05, 0) is 68.0 Å². The van der Waals surface area contributed by atoms with Crippen molar-refractivity contribution >= 4 is 17.3 Å². The van der Waals surface area contributed by atoms with E-state index in [-0.39, 0.29) is 18.1 Å². The highest BCUT2D eigenvalue weighted by Gasteiger charge is 2.08. The molecule has 2 N–H and O–H groups in total. The first kappa shape index (κ1) is 18.2. The molecule has 0 heterocycles. The van der Waals surface area contributed by atoms with Gasteiger partial charge in [0, 0.05) is 17.9 Å². The largest absolute Gasteiger partial charge is 0.385 e. The summed E-state index contributed by atoms with van der Waals surface area (Å²) in [4.78, 5) is 12.1. The molecule has 0 atom stereocenters. The van der Waals surface area contributed by atoms with Crippen molar-refractivity contribution < 1.29 is 9.18 Å². The number of rotatable bonds is 7. The van der Waals surface area contributed by atoms with Crippen LogP contribution in [0.4, 0.5) is 15.8 Å². The second-order valence-corrected chi connectivity index (χ2v) is 6.68. The smallest absolute Gasteiger partial charge is 0.228 e. The van der Waals surface area contributed by atoms with Crippen LogP contribution in [0.5, 0.6) is 0 Å². The number of allylic oxidation sites excluding steroid dienone is 1. The molecule has 3 nitrogen and oxygen atoms in total. The lowest BCUT2D eigenvalue weighted by molar-refractivity contribution is -0.115. The molecule has 3 rings (SSSR count). The number of carbonyl (C=O) groups excluding carboxylic acids is 1. The summed E-state index contributed by atoms with van der Waals surface area (Å²) in [6.45, 7) is 0.921. The molecular weight excluding hydrogens is 327 g/mol. The molecule has 0 aliphatic heterocycles. The van der Waals surface area contributed by atoms with E-state index in [0.717, 1.165) is 18.7 Å². The Balaban J connectivity index is 1.45. The van der Waals surface area contributed by atoms with Gasteiger partial charge in [0.25, 0.3) is 0 Å². The molecule has 2 aromatic carbocycles. The van der Waals surface area contributed by atoms with E-state index in [4.69, 9.17) is 0 Å². The number of anilines is 2. The molecule has 26 heavy (non-hydrogen) atoms. The molecule has 0 saturated carbocycles. The van der Waals surface area contributed by atoms with E-state index >= 15 is 0 Å². The van der Waals surface area contributed by atoms with Crippen LogP contribution in [0.3, 0.4) is 0 Å². The number of hydrogen-bond acceptors (Lipinski definition) is 2. The van der Waals surface area contributed by atoms with Crippen LogP contribution in [-0.2, 0) is 11.2 Å². The Morgan fingerprint density at radius 2 is 1.77 bits per heavy atom. The van der Waals surface area contributed by atoms with Crippen molar-refractivity contribution in [2.24, 2.45) is 0 Å². The Morgan fingerprint density at radius 3 is 2.50 bits per heavy atom. The summed E-state index contributed by atoms with van der Waals surface area (Å²) in [5, 5.41) is 6.23. The van der Waals surface area contributed by atoms with Crippen molar-refractivity contribution in [1.29, 1.82) is 0 Å². The van der Waals surface area contributed by atoms with Gasteiger partial charge in [0.05, 0.1) is 6.42 Å². The Hall–Kier alpha value is -2.62.